The number of rotatable bonds is 4. The SMILES string of the molecule is CC(=O)Oc1csc2cc(OCc3ccc(F)cc3Cl)cc(C#N)c12. The lowest BCUT2D eigenvalue weighted by molar-refractivity contribution is -0.131. The molecule has 0 radical (unpaired) electrons. The van der Waals surface area contributed by atoms with Gasteiger partial charge < -0.3 is 9.47 Å². The van der Waals surface area contributed by atoms with Crippen LogP contribution in [0.4, 0.5) is 4.39 Å². The summed E-state index contributed by atoms with van der Waals surface area (Å²) in [5.74, 6) is -0.0359. The number of ether oxygens (including phenoxy) is 2. The zero-order valence-corrected chi connectivity index (χ0v) is 14.6. The van der Waals surface area contributed by atoms with E-state index in [4.69, 9.17) is 21.1 Å². The molecule has 0 amide bonds. The summed E-state index contributed by atoms with van der Waals surface area (Å²) in [5.41, 5.74) is 0.976. The zero-order valence-electron chi connectivity index (χ0n) is 13.0. The van der Waals surface area contributed by atoms with Gasteiger partial charge in [-0.25, -0.2) is 4.39 Å². The number of hydrogen-bond donors (Lipinski definition) is 0. The first-order valence-corrected chi connectivity index (χ1v) is 8.44. The molecule has 3 rings (SSSR count). The summed E-state index contributed by atoms with van der Waals surface area (Å²) in [7, 11) is 0. The Morgan fingerprint density at radius 3 is 2.84 bits per heavy atom. The van der Waals surface area contributed by atoms with Gasteiger partial charge in [0.1, 0.15) is 24.2 Å². The predicted molar refractivity (Wildman–Crippen MR) is 93.6 cm³/mol. The van der Waals surface area contributed by atoms with Gasteiger partial charge >= 0.3 is 5.97 Å². The van der Waals surface area contributed by atoms with Crippen molar-refractivity contribution in [1.29, 1.82) is 5.26 Å². The highest BCUT2D eigenvalue weighted by Gasteiger charge is 2.14. The van der Waals surface area contributed by atoms with Crippen molar-refractivity contribution < 1.29 is 18.7 Å². The third-order valence-electron chi connectivity index (χ3n) is 3.40. The minimum atomic E-state index is -0.449. The van der Waals surface area contributed by atoms with E-state index in [2.05, 4.69) is 6.07 Å². The molecule has 7 heteroatoms. The van der Waals surface area contributed by atoms with E-state index in [-0.39, 0.29) is 11.6 Å². The Morgan fingerprint density at radius 2 is 2.16 bits per heavy atom. The van der Waals surface area contributed by atoms with Gasteiger partial charge in [-0.3, -0.25) is 4.79 Å². The van der Waals surface area contributed by atoms with Gasteiger partial charge in [0.2, 0.25) is 0 Å². The monoisotopic (exact) mass is 375 g/mol. The number of benzene rings is 2. The first-order valence-electron chi connectivity index (χ1n) is 7.18. The van der Waals surface area contributed by atoms with Crippen LogP contribution in [0.15, 0.2) is 35.7 Å². The molecule has 0 aliphatic rings. The molecule has 2 aromatic carbocycles. The maximum absolute atomic E-state index is 13.1. The Balaban J connectivity index is 1.90. The third kappa shape index (κ3) is 3.73. The highest BCUT2D eigenvalue weighted by molar-refractivity contribution is 7.17. The Hall–Kier alpha value is -2.62. The van der Waals surface area contributed by atoms with Crippen molar-refractivity contribution in [3.05, 3.63) is 57.7 Å². The summed E-state index contributed by atoms with van der Waals surface area (Å²) in [6.45, 7) is 1.44. The first kappa shape index (κ1) is 17.2. The van der Waals surface area contributed by atoms with Crippen LogP contribution in [-0.2, 0) is 11.4 Å². The molecule has 0 fully saturated rings. The fraction of sp³-hybridized carbons (Fsp3) is 0.111. The minimum Gasteiger partial charge on any atom is -0.489 e. The topological polar surface area (TPSA) is 59.3 Å². The lowest BCUT2D eigenvalue weighted by Crippen LogP contribution is -2.01. The highest BCUT2D eigenvalue weighted by Crippen LogP contribution is 2.38. The van der Waals surface area contributed by atoms with Crippen LogP contribution >= 0.6 is 22.9 Å². The minimum absolute atomic E-state index is 0.137. The van der Waals surface area contributed by atoms with Crippen molar-refractivity contribution in [2.75, 3.05) is 0 Å². The number of hydrogen-bond acceptors (Lipinski definition) is 5. The number of halogens is 2. The molecule has 1 aromatic heterocycles. The van der Waals surface area contributed by atoms with Crippen LogP contribution < -0.4 is 9.47 Å². The number of thiophene rings is 1. The van der Waals surface area contributed by atoms with Crippen molar-refractivity contribution in [2.24, 2.45) is 0 Å². The third-order valence-corrected chi connectivity index (χ3v) is 4.66. The lowest BCUT2D eigenvalue weighted by Gasteiger charge is -2.09. The predicted octanol–water partition coefficient (Wildman–Crippen LogP) is 5.07. The Kier molecular flexibility index (Phi) is 4.88. The number of carbonyl (C=O) groups excluding carboxylic acids is 1. The summed E-state index contributed by atoms with van der Waals surface area (Å²) in [6, 6.07) is 9.48. The summed E-state index contributed by atoms with van der Waals surface area (Å²) in [5, 5.41) is 11.9. The molecule has 3 aromatic rings. The van der Waals surface area contributed by atoms with E-state index in [0.717, 1.165) is 4.70 Å². The summed E-state index contributed by atoms with van der Waals surface area (Å²) >= 11 is 7.32. The Bertz CT molecular complexity index is 1010. The van der Waals surface area contributed by atoms with E-state index >= 15 is 0 Å². The van der Waals surface area contributed by atoms with E-state index in [1.54, 1.807) is 23.6 Å². The average molecular weight is 376 g/mol. The van der Waals surface area contributed by atoms with Gasteiger partial charge in [-0.1, -0.05) is 17.7 Å². The maximum Gasteiger partial charge on any atom is 0.308 e. The second-order valence-corrected chi connectivity index (χ2v) is 6.49. The molecule has 1 heterocycles. The normalized spacial score (nSPS) is 10.5. The molecule has 0 bridgehead atoms. The van der Waals surface area contributed by atoms with Gasteiger partial charge in [-0.2, -0.15) is 5.26 Å². The van der Waals surface area contributed by atoms with Crippen LogP contribution in [0.1, 0.15) is 18.1 Å². The first-order chi connectivity index (χ1) is 12.0. The van der Waals surface area contributed by atoms with Gasteiger partial charge in [0.15, 0.2) is 5.75 Å². The zero-order chi connectivity index (χ0) is 18.0. The summed E-state index contributed by atoms with van der Waals surface area (Å²) in [6.07, 6.45) is 0. The second kappa shape index (κ2) is 7.09. The Morgan fingerprint density at radius 1 is 1.36 bits per heavy atom. The highest BCUT2D eigenvalue weighted by atomic mass is 35.5. The van der Waals surface area contributed by atoms with Gasteiger partial charge in [0, 0.05) is 22.6 Å². The van der Waals surface area contributed by atoms with Crippen LogP contribution in [0.5, 0.6) is 11.5 Å². The second-order valence-electron chi connectivity index (χ2n) is 5.17. The number of esters is 1. The van der Waals surface area contributed by atoms with Crippen molar-refractivity contribution >= 4 is 39.0 Å². The quantitative estimate of drug-likeness (QED) is 0.597. The molecule has 0 N–H and O–H groups in total. The van der Waals surface area contributed by atoms with Gasteiger partial charge in [-0.05, 0) is 24.3 Å². The van der Waals surface area contributed by atoms with Gasteiger partial charge in [-0.15, -0.1) is 11.3 Å². The molecule has 0 aliphatic carbocycles. The molecule has 0 spiro atoms. The van der Waals surface area contributed by atoms with Crippen LogP contribution in [0.3, 0.4) is 0 Å². The molecule has 126 valence electrons. The molecule has 25 heavy (non-hydrogen) atoms. The largest absolute Gasteiger partial charge is 0.489 e. The van der Waals surface area contributed by atoms with Crippen LogP contribution in [0.25, 0.3) is 10.1 Å². The van der Waals surface area contributed by atoms with Crippen LogP contribution in [0.2, 0.25) is 5.02 Å². The van der Waals surface area contributed by atoms with Crippen molar-refractivity contribution in [1.82, 2.24) is 0 Å². The molecular weight excluding hydrogens is 365 g/mol. The van der Waals surface area contributed by atoms with Gasteiger partial charge in [0.25, 0.3) is 0 Å². The van der Waals surface area contributed by atoms with E-state index in [1.165, 1.54) is 30.4 Å². The standard InChI is InChI=1S/C18H11ClFNO3S/c1-10(22)24-16-9-25-17-6-14(4-12(7-21)18(16)17)23-8-11-2-3-13(20)5-15(11)19/h2-6,9H,8H2,1H3. The summed E-state index contributed by atoms with van der Waals surface area (Å²) in [4.78, 5) is 11.2. The van der Waals surface area contributed by atoms with Crippen molar-refractivity contribution in [3.8, 4) is 17.6 Å². The molecule has 0 saturated carbocycles. The summed E-state index contributed by atoms with van der Waals surface area (Å²) < 4.78 is 24.7. The molecular formula is C18H11ClFNO3S. The van der Waals surface area contributed by atoms with Crippen molar-refractivity contribution in [2.45, 2.75) is 13.5 Å². The van der Waals surface area contributed by atoms with Crippen LogP contribution in [0, 0.1) is 17.1 Å². The van der Waals surface area contributed by atoms with Crippen molar-refractivity contribution in [3.63, 3.8) is 0 Å². The lowest BCUT2D eigenvalue weighted by atomic mass is 10.1. The van der Waals surface area contributed by atoms with Gasteiger partial charge in [0.05, 0.1) is 16.0 Å². The number of carbonyl (C=O) groups is 1. The maximum atomic E-state index is 13.1. The number of nitriles is 1. The van der Waals surface area contributed by atoms with Crippen LogP contribution in [-0.4, -0.2) is 5.97 Å². The molecule has 0 saturated heterocycles. The molecule has 0 atom stereocenters. The molecule has 4 nitrogen and oxygen atoms in total. The number of fused-ring (bicyclic) bond motifs is 1. The van der Waals surface area contributed by atoms with E-state index in [0.29, 0.717) is 28.0 Å². The average Bonchev–Trinajstić information content (AvgIpc) is 2.95. The number of nitrogens with zero attached hydrogens (tertiary/aromatic N) is 1. The molecule has 0 unspecified atom stereocenters. The smallest absolute Gasteiger partial charge is 0.308 e. The van der Waals surface area contributed by atoms with E-state index < -0.39 is 11.8 Å². The van der Waals surface area contributed by atoms with E-state index in [1.807, 2.05) is 0 Å². The Labute approximate surface area is 152 Å². The fourth-order valence-electron chi connectivity index (χ4n) is 2.31. The van der Waals surface area contributed by atoms with E-state index in [9.17, 15) is 14.4 Å². The fourth-order valence-corrected chi connectivity index (χ4v) is 3.45. The molecule has 0 aliphatic heterocycles.